The van der Waals surface area contributed by atoms with Crippen molar-refractivity contribution in [2.45, 2.75) is 5.92 Å². The summed E-state index contributed by atoms with van der Waals surface area (Å²) in [5.41, 5.74) is 3.33. The van der Waals surface area contributed by atoms with Gasteiger partial charge in [0.1, 0.15) is 12.4 Å². The summed E-state index contributed by atoms with van der Waals surface area (Å²) in [6, 6.07) is 16.7. The largest absolute Gasteiger partial charge is 0.492 e. The van der Waals surface area contributed by atoms with Crippen molar-refractivity contribution in [3.8, 4) is 5.75 Å². The van der Waals surface area contributed by atoms with Crippen molar-refractivity contribution in [3.05, 3.63) is 65.7 Å². The molecule has 0 aliphatic carbocycles. The van der Waals surface area contributed by atoms with Gasteiger partial charge in [-0.2, -0.15) is 0 Å². The second kappa shape index (κ2) is 8.31. The molecule has 0 spiro atoms. The number of likely N-dealkylation sites (N-methyl/N-ethyl adjacent to an activating group) is 1. The van der Waals surface area contributed by atoms with Crippen LogP contribution < -0.4 is 10.2 Å². The number of rotatable bonds is 7. The predicted octanol–water partition coefficient (Wildman–Crippen LogP) is 2.26. The van der Waals surface area contributed by atoms with Crippen LogP contribution in [0, 0.1) is 0 Å². The Morgan fingerprint density at radius 1 is 1.13 bits per heavy atom. The van der Waals surface area contributed by atoms with Gasteiger partial charge in [0.05, 0.1) is 5.92 Å². The van der Waals surface area contributed by atoms with Crippen LogP contribution in [-0.2, 0) is 4.79 Å². The molecule has 0 fully saturated rings. The average molecular weight is 314 g/mol. The zero-order valence-corrected chi connectivity index (χ0v) is 13.4. The highest BCUT2D eigenvalue weighted by Gasteiger charge is 2.22. The van der Waals surface area contributed by atoms with Gasteiger partial charge in [0.15, 0.2) is 0 Å². The van der Waals surface area contributed by atoms with E-state index in [4.69, 9.17) is 9.94 Å². The fourth-order valence-corrected chi connectivity index (χ4v) is 2.34. The molecule has 2 rings (SSSR count). The lowest BCUT2D eigenvalue weighted by Crippen LogP contribution is -2.27. The van der Waals surface area contributed by atoms with Crippen LogP contribution >= 0.6 is 0 Å². The average Bonchev–Trinajstić information content (AvgIpc) is 2.56. The zero-order valence-electron chi connectivity index (χ0n) is 13.4. The lowest BCUT2D eigenvalue weighted by atomic mass is 9.90. The molecule has 0 aliphatic rings. The van der Waals surface area contributed by atoms with Crippen molar-refractivity contribution in [1.29, 1.82) is 0 Å². The molecule has 0 aromatic heterocycles. The highest BCUT2D eigenvalue weighted by molar-refractivity contribution is 5.86. The maximum absolute atomic E-state index is 12.1. The van der Waals surface area contributed by atoms with E-state index in [9.17, 15) is 4.79 Å². The number of hydrogen-bond acceptors (Lipinski definition) is 4. The van der Waals surface area contributed by atoms with E-state index in [2.05, 4.69) is 0 Å². The van der Waals surface area contributed by atoms with Crippen molar-refractivity contribution >= 4 is 5.91 Å². The molecule has 23 heavy (non-hydrogen) atoms. The monoisotopic (exact) mass is 314 g/mol. The number of amides is 1. The minimum atomic E-state index is -0.585. The minimum absolute atomic E-state index is 0.471. The molecule has 0 saturated carbocycles. The standard InChI is InChI=1S/C18H22N2O3/c1-20(2)11-12-23-16-10-6-9-15(13-16)17(18(21)19-22)14-7-4-3-5-8-14/h3-10,13,17,22H,11-12H2,1-2H3,(H,19,21). The van der Waals surface area contributed by atoms with Crippen LogP contribution in [0.5, 0.6) is 5.75 Å². The summed E-state index contributed by atoms with van der Waals surface area (Å²) in [6.07, 6.45) is 0. The van der Waals surface area contributed by atoms with Gasteiger partial charge >= 0.3 is 0 Å². The molecule has 0 aliphatic heterocycles. The Balaban J connectivity index is 2.24. The Labute approximate surface area is 136 Å². The van der Waals surface area contributed by atoms with E-state index in [1.807, 2.05) is 73.6 Å². The lowest BCUT2D eigenvalue weighted by Gasteiger charge is -2.17. The molecule has 122 valence electrons. The molecule has 0 saturated heterocycles. The van der Waals surface area contributed by atoms with Gasteiger partial charge in [-0.15, -0.1) is 0 Å². The molecule has 2 aromatic rings. The SMILES string of the molecule is CN(C)CCOc1cccc(C(C(=O)NO)c2ccccc2)c1. The van der Waals surface area contributed by atoms with Crippen molar-refractivity contribution in [1.82, 2.24) is 10.4 Å². The molecule has 5 heteroatoms. The molecule has 0 radical (unpaired) electrons. The normalized spacial score (nSPS) is 12.0. The summed E-state index contributed by atoms with van der Waals surface area (Å²) in [7, 11) is 3.97. The number of carbonyl (C=O) groups excluding carboxylic acids is 1. The van der Waals surface area contributed by atoms with Gasteiger partial charge < -0.3 is 9.64 Å². The molecular formula is C18H22N2O3. The van der Waals surface area contributed by atoms with Crippen molar-refractivity contribution in [2.24, 2.45) is 0 Å². The summed E-state index contributed by atoms with van der Waals surface area (Å²) in [6.45, 7) is 1.38. The second-order valence-electron chi connectivity index (χ2n) is 5.54. The number of benzene rings is 2. The summed E-state index contributed by atoms with van der Waals surface area (Å²) < 4.78 is 5.72. The molecule has 5 nitrogen and oxygen atoms in total. The summed E-state index contributed by atoms with van der Waals surface area (Å²) in [4.78, 5) is 14.2. The number of hydrogen-bond donors (Lipinski definition) is 2. The molecule has 0 bridgehead atoms. The third kappa shape index (κ3) is 4.81. The van der Waals surface area contributed by atoms with E-state index < -0.39 is 11.8 Å². The van der Waals surface area contributed by atoms with Crippen molar-refractivity contribution in [2.75, 3.05) is 27.2 Å². The lowest BCUT2D eigenvalue weighted by molar-refractivity contribution is -0.129. The molecule has 2 N–H and O–H groups in total. The fraction of sp³-hybridized carbons (Fsp3) is 0.278. The zero-order chi connectivity index (χ0) is 16.7. The quantitative estimate of drug-likeness (QED) is 0.608. The first-order valence-electron chi connectivity index (χ1n) is 7.48. The van der Waals surface area contributed by atoms with E-state index in [1.54, 1.807) is 5.48 Å². The van der Waals surface area contributed by atoms with E-state index in [1.165, 1.54) is 0 Å². The molecule has 1 amide bonds. The van der Waals surface area contributed by atoms with Gasteiger partial charge in [-0.05, 0) is 37.4 Å². The summed E-state index contributed by atoms with van der Waals surface area (Å²) in [5.74, 6) is -0.351. The summed E-state index contributed by atoms with van der Waals surface area (Å²) >= 11 is 0. The summed E-state index contributed by atoms with van der Waals surface area (Å²) in [5, 5.41) is 9.06. The number of hydroxylamine groups is 1. The Kier molecular flexibility index (Phi) is 6.14. The van der Waals surface area contributed by atoms with Crippen LogP contribution in [0.4, 0.5) is 0 Å². The van der Waals surface area contributed by atoms with Crippen LogP contribution in [-0.4, -0.2) is 43.3 Å². The maximum Gasteiger partial charge on any atom is 0.255 e. The third-order valence-electron chi connectivity index (χ3n) is 3.50. The van der Waals surface area contributed by atoms with E-state index in [0.717, 1.165) is 17.7 Å². The van der Waals surface area contributed by atoms with E-state index in [-0.39, 0.29) is 0 Å². The van der Waals surface area contributed by atoms with Gasteiger partial charge in [-0.1, -0.05) is 42.5 Å². The Bertz CT molecular complexity index is 629. The van der Waals surface area contributed by atoms with Gasteiger partial charge in [0, 0.05) is 6.54 Å². The van der Waals surface area contributed by atoms with Crippen LogP contribution in [0.3, 0.4) is 0 Å². The van der Waals surface area contributed by atoms with Crippen LogP contribution in [0.1, 0.15) is 17.0 Å². The number of nitrogens with one attached hydrogen (secondary N) is 1. The Hall–Kier alpha value is -2.37. The smallest absolute Gasteiger partial charge is 0.255 e. The predicted molar refractivity (Wildman–Crippen MR) is 88.7 cm³/mol. The van der Waals surface area contributed by atoms with Crippen LogP contribution in [0.2, 0.25) is 0 Å². The van der Waals surface area contributed by atoms with Crippen LogP contribution in [0.15, 0.2) is 54.6 Å². The van der Waals surface area contributed by atoms with Gasteiger partial charge in [0.2, 0.25) is 0 Å². The topological polar surface area (TPSA) is 61.8 Å². The van der Waals surface area contributed by atoms with Crippen molar-refractivity contribution in [3.63, 3.8) is 0 Å². The van der Waals surface area contributed by atoms with Crippen LogP contribution in [0.25, 0.3) is 0 Å². The Morgan fingerprint density at radius 3 is 2.48 bits per heavy atom. The highest BCUT2D eigenvalue weighted by Crippen LogP contribution is 2.27. The van der Waals surface area contributed by atoms with Crippen molar-refractivity contribution < 1.29 is 14.7 Å². The third-order valence-corrected chi connectivity index (χ3v) is 3.50. The molecule has 0 heterocycles. The molecular weight excluding hydrogens is 292 g/mol. The first-order chi connectivity index (χ1) is 11.1. The number of carbonyl (C=O) groups is 1. The minimum Gasteiger partial charge on any atom is -0.492 e. The first kappa shape index (κ1) is 17.0. The number of nitrogens with zero attached hydrogens (tertiary/aromatic N) is 1. The molecule has 2 aromatic carbocycles. The molecule has 1 atom stereocenters. The molecule has 1 unspecified atom stereocenters. The maximum atomic E-state index is 12.1. The Morgan fingerprint density at radius 2 is 1.83 bits per heavy atom. The van der Waals surface area contributed by atoms with Gasteiger partial charge in [0.25, 0.3) is 5.91 Å². The second-order valence-corrected chi connectivity index (χ2v) is 5.54. The van der Waals surface area contributed by atoms with E-state index >= 15 is 0 Å². The number of ether oxygens (including phenoxy) is 1. The highest BCUT2D eigenvalue weighted by atomic mass is 16.5. The van der Waals surface area contributed by atoms with Gasteiger partial charge in [-0.3, -0.25) is 10.0 Å². The van der Waals surface area contributed by atoms with Gasteiger partial charge in [-0.25, -0.2) is 5.48 Å². The first-order valence-corrected chi connectivity index (χ1v) is 7.48. The van der Waals surface area contributed by atoms with E-state index in [0.29, 0.717) is 12.4 Å². The fourth-order valence-electron chi connectivity index (χ4n) is 2.34.